The molecule has 0 aliphatic carbocycles. The average molecular weight is 485 g/mol. The number of benzene rings is 2. The summed E-state index contributed by atoms with van der Waals surface area (Å²) >= 11 is 0. The van der Waals surface area contributed by atoms with E-state index in [0.717, 1.165) is 34.9 Å². The van der Waals surface area contributed by atoms with Gasteiger partial charge in [0.2, 0.25) is 0 Å². The van der Waals surface area contributed by atoms with Gasteiger partial charge in [0.25, 0.3) is 15.4 Å². The van der Waals surface area contributed by atoms with Crippen molar-refractivity contribution >= 4 is 21.3 Å². The molecule has 0 fully saturated rings. The smallest absolute Gasteiger partial charge is 0.341 e. The molecule has 0 atom stereocenters. The molecule has 3 aromatic rings. The number of rotatable bonds is 6. The van der Waals surface area contributed by atoms with Gasteiger partial charge in [0, 0.05) is 17.8 Å². The number of anilines is 2. The molecule has 0 aliphatic rings. The highest BCUT2D eigenvalue weighted by Gasteiger charge is 2.46. The van der Waals surface area contributed by atoms with E-state index in [2.05, 4.69) is 5.32 Å². The number of nitrogens with zero attached hydrogens (tertiary/aromatic N) is 2. The van der Waals surface area contributed by atoms with E-state index in [-0.39, 0.29) is 18.1 Å². The maximum atomic E-state index is 13.2. The van der Waals surface area contributed by atoms with E-state index >= 15 is 0 Å². The first-order valence-electron chi connectivity index (χ1n) is 9.60. The highest BCUT2D eigenvalue weighted by atomic mass is 32.2. The SMILES string of the molecule is CC(C)n1c(=O)cc(Nc2ccc(S(=O)(=O)C(F)(F)F)cc2)n(Cc2ccc(F)cc2)c1=O. The number of nitrogens with one attached hydrogen (secondary N) is 1. The van der Waals surface area contributed by atoms with Gasteiger partial charge in [-0.25, -0.2) is 17.6 Å². The molecule has 7 nitrogen and oxygen atoms in total. The molecule has 0 unspecified atom stereocenters. The maximum Gasteiger partial charge on any atom is 0.501 e. The van der Waals surface area contributed by atoms with E-state index in [1.165, 1.54) is 28.8 Å². The number of hydrogen-bond donors (Lipinski definition) is 1. The largest absolute Gasteiger partial charge is 0.501 e. The molecular weight excluding hydrogens is 466 g/mol. The van der Waals surface area contributed by atoms with E-state index in [9.17, 15) is 35.6 Å². The first-order chi connectivity index (χ1) is 15.3. The Balaban J connectivity index is 2.04. The van der Waals surface area contributed by atoms with Crippen LogP contribution in [0.5, 0.6) is 0 Å². The number of sulfone groups is 1. The van der Waals surface area contributed by atoms with Gasteiger partial charge in [0.1, 0.15) is 11.6 Å². The molecule has 0 aliphatic heterocycles. The molecule has 1 N–H and O–H groups in total. The third kappa shape index (κ3) is 5.00. The zero-order valence-electron chi connectivity index (χ0n) is 17.4. The number of hydrogen-bond acceptors (Lipinski definition) is 5. The highest BCUT2D eigenvalue weighted by Crippen LogP contribution is 2.31. The quantitative estimate of drug-likeness (QED) is 0.537. The standard InChI is InChI=1S/C21H19F4N3O4S/c1-13(2)28-19(29)11-18(27(20(28)30)12-14-3-5-15(22)6-4-14)26-16-7-9-17(10-8-16)33(31,32)21(23,24)25/h3-11,13,26H,12H2,1-2H3. The third-order valence-electron chi connectivity index (χ3n) is 4.74. The van der Waals surface area contributed by atoms with Crippen molar-refractivity contribution in [1.82, 2.24) is 9.13 Å². The molecule has 1 aromatic heterocycles. The van der Waals surface area contributed by atoms with Crippen LogP contribution in [0.2, 0.25) is 0 Å². The predicted molar refractivity (Wildman–Crippen MR) is 114 cm³/mol. The van der Waals surface area contributed by atoms with Crippen molar-refractivity contribution in [3.8, 4) is 0 Å². The fourth-order valence-corrected chi connectivity index (χ4v) is 3.86. The molecule has 3 rings (SSSR count). The van der Waals surface area contributed by atoms with Gasteiger partial charge in [-0.2, -0.15) is 13.2 Å². The Hall–Kier alpha value is -3.41. The minimum atomic E-state index is -5.51. The summed E-state index contributed by atoms with van der Waals surface area (Å²) in [6.45, 7) is 3.27. The summed E-state index contributed by atoms with van der Waals surface area (Å²) in [5.74, 6) is -0.442. The number of aromatic nitrogens is 2. The molecule has 0 bridgehead atoms. The fraction of sp³-hybridized carbons (Fsp3) is 0.238. The van der Waals surface area contributed by atoms with Crippen LogP contribution in [0.25, 0.3) is 0 Å². The molecule has 1 heterocycles. The lowest BCUT2D eigenvalue weighted by atomic mass is 10.2. The van der Waals surface area contributed by atoms with Crippen molar-refractivity contribution < 1.29 is 26.0 Å². The van der Waals surface area contributed by atoms with Gasteiger partial charge in [-0.15, -0.1) is 0 Å². The minimum Gasteiger partial charge on any atom is -0.341 e. The second-order valence-electron chi connectivity index (χ2n) is 7.43. The summed E-state index contributed by atoms with van der Waals surface area (Å²) in [7, 11) is -5.51. The average Bonchev–Trinajstić information content (AvgIpc) is 2.71. The lowest BCUT2D eigenvalue weighted by molar-refractivity contribution is -0.0436. The van der Waals surface area contributed by atoms with Gasteiger partial charge >= 0.3 is 11.2 Å². The van der Waals surface area contributed by atoms with Crippen LogP contribution in [-0.2, 0) is 16.4 Å². The van der Waals surface area contributed by atoms with E-state index in [1.54, 1.807) is 13.8 Å². The van der Waals surface area contributed by atoms with E-state index < -0.39 is 43.3 Å². The summed E-state index contributed by atoms with van der Waals surface area (Å²) in [4.78, 5) is 24.6. The summed E-state index contributed by atoms with van der Waals surface area (Å²) in [5.41, 5.74) is -6.00. The molecule has 0 saturated carbocycles. The normalized spacial score (nSPS) is 12.2. The van der Waals surface area contributed by atoms with E-state index in [4.69, 9.17) is 0 Å². The van der Waals surface area contributed by atoms with Crippen molar-refractivity contribution in [3.05, 3.63) is 86.8 Å². The maximum absolute atomic E-state index is 13.2. The fourth-order valence-electron chi connectivity index (χ4n) is 3.09. The van der Waals surface area contributed by atoms with Crippen molar-refractivity contribution in [3.63, 3.8) is 0 Å². The van der Waals surface area contributed by atoms with Crippen LogP contribution in [0.3, 0.4) is 0 Å². The van der Waals surface area contributed by atoms with Gasteiger partial charge in [-0.05, 0) is 55.8 Å². The highest BCUT2D eigenvalue weighted by molar-refractivity contribution is 7.92. The van der Waals surface area contributed by atoms with Crippen molar-refractivity contribution in [2.75, 3.05) is 5.32 Å². The van der Waals surface area contributed by atoms with E-state index in [0.29, 0.717) is 5.56 Å². The Morgan fingerprint density at radius 2 is 1.55 bits per heavy atom. The first-order valence-corrected chi connectivity index (χ1v) is 11.1. The van der Waals surface area contributed by atoms with Crippen molar-refractivity contribution in [2.24, 2.45) is 0 Å². The van der Waals surface area contributed by atoms with Crippen molar-refractivity contribution in [2.45, 2.75) is 36.8 Å². The monoisotopic (exact) mass is 485 g/mol. The molecule has 0 saturated heterocycles. The second-order valence-corrected chi connectivity index (χ2v) is 9.37. The van der Waals surface area contributed by atoms with Crippen molar-refractivity contribution in [1.29, 1.82) is 0 Å². The molecule has 176 valence electrons. The molecular formula is C21H19F4N3O4S. The lowest BCUT2D eigenvalue weighted by Crippen LogP contribution is -2.41. The van der Waals surface area contributed by atoms with Gasteiger partial charge in [-0.1, -0.05) is 12.1 Å². The van der Waals surface area contributed by atoms with E-state index in [1.807, 2.05) is 0 Å². The molecule has 0 spiro atoms. The Morgan fingerprint density at radius 3 is 2.06 bits per heavy atom. The molecule has 0 amide bonds. The van der Waals surface area contributed by atoms with Crippen LogP contribution in [0, 0.1) is 5.82 Å². The summed E-state index contributed by atoms with van der Waals surface area (Å²) in [5, 5.41) is 2.77. The van der Waals surface area contributed by atoms with Gasteiger partial charge < -0.3 is 5.32 Å². The molecule has 0 radical (unpaired) electrons. The summed E-state index contributed by atoms with van der Waals surface area (Å²) < 4.78 is 76.8. The Bertz CT molecular complexity index is 1380. The first kappa shape index (κ1) is 24.2. The number of halogens is 4. The Morgan fingerprint density at radius 1 is 0.970 bits per heavy atom. The van der Waals surface area contributed by atoms with Gasteiger partial charge in [-0.3, -0.25) is 13.9 Å². The Kier molecular flexibility index (Phi) is 6.50. The van der Waals surface area contributed by atoms with Crippen LogP contribution in [0.4, 0.5) is 29.1 Å². The summed E-state index contributed by atoms with van der Waals surface area (Å²) in [6.07, 6.45) is 0. The number of alkyl halides is 3. The van der Waals surface area contributed by atoms with Crippen LogP contribution in [0.1, 0.15) is 25.5 Å². The lowest BCUT2D eigenvalue weighted by Gasteiger charge is -2.18. The topological polar surface area (TPSA) is 90.2 Å². The molecule has 33 heavy (non-hydrogen) atoms. The third-order valence-corrected chi connectivity index (χ3v) is 6.24. The summed E-state index contributed by atoms with van der Waals surface area (Å²) in [6, 6.07) is 9.75. The predicted octanol–water partition coefficient (Wildman–Crippen LogP) is 3.82. The van der Waals surface area contributed by atoms with Gasteiger partial charge in [0.05, 0.1) is 11.4 Å². The Labute approximate surface area is 185 Å². The van der Waals surface area contributed by atoms with Crippen LogP contribution < -0.4 is 16.6 Å². The minimum absolute atomic E-state index is 0.0256. The molecule has 2 aromatic carbocycles. The molecule has 12 heteroatoms. The zero-order chi connectivity index (χ0) is 24.6. The zero-order valence-corrected chi connectivity index (χ0v) is 18.2. The van der Waals surface area contributed by atoms with Crippen LogP contribution in [0.15, 0.2) is 69.1 Å². The van der Waals surface area contributed by atoms with Crippen LogP contribution in [-0.4, -0.2) is 23.1 Å². The van der Waals surface area contributed by atoms with Crippen LogP contribution >= 0.6 is 0 Å². The second kappa shape index (κ2) is 8.85. The van der Waals surface area contributed by atoms with Gasteiger partial charge in [0.15, 0.2) is 0 Å².